The molecule has 1 heteroatoms. The van der Waals surface area contributed by atoms with Crippen molar-refractivity contribution in [2.75, 3.05) is 12.4 Å². The summed E-state index contributed by atoms with van der Waals surface area (Å²) in [6, 6.07) is 17.3. The van der Waals surface area contributed by atoms with Gasteiger partial charge in [0.2, 0.25) is 0 Å². The third-order valence-corrected chi connectivity index (χ3v) is 3.38. The normalized spacial score (nSPS) is 10.9. The molecule has 3 aromatic carbocycles. The molecule has 0 aromatic heterocycles. The van der Waals surface area contributed by atoms with Crippen molar-refractivity contribution in [3.63, 3.8) is 0 Å². The maximum absolute atomic E-state index is 3.30. The van der Waals surface area contributed by atoms with E-state index in [0.717, 1.165) is 0 Å². The van der Waals surface area contributed by atoms with Crippen LogP contribution in [0.2, 0.25) is 0 Å². The molecule has 0 aliphatic rings. The van der Waals surface area contributed by atoms with Gasteiger partial charge in [0, 0.05) is 18.1 Å². The number of fused-ring (bicyclic) bond motifs is 3. The molecule has 0 atom stereocenters. The number of hydrogen-bond donors (Lipinski definition) is 1. The lowest BCUT2D eigenvalue weighted by molar-refractivity contribution is 1.44. The topological polar surface area (TPSA) is 12.0 Å². The summed E-state index contributed by atoms with van der Waals surface area (Å²) >= 11 is 0. The fraction of sp³-hybridized carbons (Fsp3) is 0.125. The minimum absolute atomic E-state index is 1.23. The number of rotatable bonds is 1. The highest BCUT2D eigenvalue weighted by molar-refractivity contribution is 6.11. The van der Waals surface area contributed by atoms with Crippen LogP contribution in [0.1, 0.15) is 5.56 Å². The summed E-state index contributed by atoms with van der Waals surface area (Å²) in [5.74, 6) is 0. The molecule has 0 radical (unpaired) electrons. The Hall–Kier alpha value is -2.02. The Morgan fingerprint density at radius 3 is 2.35 bits per heavy atom. The zero-order valence-corrected chi connectivity index (χ0v) is 10.1. The van der Waals surface area contributed by atoms with Gasteiger partial charge in [-0.3, -0.25) is 0 Å². The largest absolute Gasteiger partial charge is 0.387 e. The van der Waals surface area contributed by atoms with Gasteiger partial charge in [-0.05, 0) is 28.6 Å². The second-order valence-electron chi connectivity index (χ2n) is 4.39. The van der Waals surface area contributed by atoms with Gasteiger partial charge in [-0.25, -0.2) is 0 Å². The Morgan fingerprint density at radius 1 is 0.765 bits per heavy atom. The monoisotopic (exact) mass is 221 g/mol. The Bertz CT molecular complexity index is 698. The van der Waals surface area contributed by atoms with E-state index in [1.54, 1.807) is 0 Å². The summed E-state index contributed by atoms with van der Waals surface area (Å²) in [6.45, 7) is 2.14. The number of nitrogens with one attached hydrogen (secondary N) is 1. The molecule has 17 heavy (non-hydrogen) atoms. The van der Waals surface area contributed by atoms with Gasteiger partial charge in [0.1, 0.15) is 0 Å². The number of aryl methyl sites for hydroxylation is 1. The van der Waals surface area contributed by atoms with E-state index in [-0.39, 0.29) is 0 Å². The van der Waals surface area contributed by atoms with Crippen molar-refractivity contribution >= 4 is 27.2 Å². The zero-order chi connectivity index (χ0) is 11.8. The first kappa shape index (κ1) is 10.2. The molecule has 0 aliphatic heterocycles. The van der Waals surface area contributed by atoms with Crippen molar-refractivity contribution in [1.82, 2.24) is 0 Å². The Kier molecular flexibility index (Phi) is 2.25. The molecule has 0 saturated carbocycles. The first-order chi connectivity index (χ1) is 8.31. The third-order valence-electron chi connectivity index (χ3n) is 3.38. The van der Waals surface area contributed by atoms with Gasteiger partial charge in [0.05, 0.1) is 0 Å². The molecular weight excluding hydrogens is 206 g/mol. The summed E-state index contributed by atoms with van der Waals surface area (Å²) in [7, 11) is 1.98. The van der Waals surface area contributed by atoms with Gasteiger partial charge in [-0.1, -0.05) is 48.5 Å². The van der Waals surface area contributed by atoms with Crippen molar-refractivity contribution in [3.8, 4) is 0 Å². The van der Waals surface area contributed by atoms with Crippen LogP contribution in [0.5, 0.6) is 0 Å². The van der Waals surface area contributed by atoms with E-state index in [1.807, 2.05) is 7.05 Å². The highest BCUT2D eigenvalue weighted by Crippen LogP contribution is 2.32. The minimum Gasteiger partial charge on any atom is -0.387 e. The van der Waals surface area contributed by atoms with Crippen molar-refractivity contribution < 1.29 is 0 Å². The van der Waals surface area contributed by atoms with E-state index >= 15 is 0 Å². The molecule has 0 amide bonds. The lowest BCUT2D eigenvalue weighted by atomic mass is 9.99. The molecular formula is C16H15N. The van der Waals surface area contributed by atoms with Crippen molar-refractivity contribution in [1.29, 1.82) is 0 Å². The van der Waals surface area contributed by atoms with Crippen LogP contribution in [0, 0.1) is 6.92 Å². The van der Waals surface area contributed by atoms with Gasteiger partial charge in [-0.15, -0.1) is 0 Å². The SMILES string of the molecule is CNc1c(C)ccc2c1ccc1ccccc12. The van der Waals surface area contributed by atoms with E-state index in [0.29, 0.717) is 0 Å². The fourth-order valence-corrected chi connectivity index (χ4v) is 2.53. The third kappa shape index (κ3) is 1.47. The minimum atomic E-state index is 1.23. The van der Waals surface area contributed by atoms with E-state index < -0.39 is 0 Å². The van der Waals surface area contributed by atoms with Crippen molar-refractivity contribution in [2.45, 2.75) is 6.92 Å². The highest BCUT2D eigenvalue weighted by atomic mass is 14.8. The summed E-state index contributed by atoms with van der Waals surface area (Å²) < 4.78 is 0. The average molecular weight is 221 g/mol. The molecule has 1 N–H and O–H groups in total. The van der Waals surface area contributed by atoms with Crippen LogP contribution >= 0.6 is 0 Å². The second kappa shape index (κ2) is 3.77. The first-order valence-corrected chi connectivity index (χ1v) is 5.90. The standard InChI is InChI=1S/C16H15N/c1-11-7-9-14-13-6-4-3-5-12(13)8-10-15(14)16(11)17-2/h3-10,17H,1-2H3. The molecule has 0 bridgehead atoms. The maximum atomic E-state index is 3.30. The molecule has 0 saturated heterocycles. The van der Waals surface area contributed by atoms with E-state index in [4.69, 9.17) is 0 Å². The van der Waals surface area contributed by atoms with E-state index in [2.05, 4.69) is 60.8 Å². The summed E-state index contributed by atoms with van der Waals surface area (Å²) in [5, 5.41) is 8.54. The van der Waals surface area contributed by atoms with Gasteiger partial charge in [-0.2, -0.15) is 0 Å². The van der Waals surface area contributed by atoms with Crippen LogP contribution in [0.3, 0.4) is 0 Å². The van der Waals surface area contributed by atoms with Crippen LogP contribution < -0.4 is 5.32 Å². The predicted octanol–water partition coefficient (Wildman–Crippen LogP) is 4.34. The molecule has 0 aliphatic carbocycles. The van der Waals surface area contributed by atoms with Crippen LogP contribution in [0.15, 0.2) is 48.5 Å². The van der Waals surface area contributed by atoms with Crippen molar-refractivity contribution in [3.05, 3.63) is 54.1 Å². The molecule has 84 valence electrons. The zero-order valence-electron chi connectivity index (χ0n) is 10.1. The number of hydrogen-bond acceptors (Lipinski definition) is 1. The second-order valence-corrected chi connectivity index (χ2v) is 4.39. The molecule has 0 unspecified atom stereocenters. The van der Waals surface area contributed by atoms with Crippen LogP contribution in [-0.2, 0) is 0 Å². The smallest absolute Gasteiger partial charge is 0.0447 e. The lowest BCUT2D eigenvalue weighted by Crippen LogP contribution is -1.93. The van der Waals surface area contributed by atoms with Crippen LogP contribution in [0.25, 0.3) is 21.5 Å². The molecule has 0 fully saturated rings. The quantitative estimate of drug-likeness (QED) is 0.603. The molecule has 0 spiro atoms. The van der Waals surface area contributed by atoms with Crippen LogP contribution in [-0.4, -0.2) is 7.05 Å². The van der Waals surface area contributed by atoms with Crippen LogP contribution in [0.4, 0.5) is 5.69 Å². The average Bonchev–Trinajstić information content (AvgIpc) is 2.38. The summed E-state index contributed by atoms with van der Waals surface area (Å²) in [4.78, 5) is 0. The lowest BCUT2D eigenvalue weighted by Gasteiger charge is -2.11. The highest BCUT2D eigenvalue weighted by Gasteiger charge is 2.05. The van der Waals surface area contributed by atoms with Crippen molar-refractivity contribution in [2.24, 2.45) is 0 Å². The van der Waals surface area contributed by atoms with Gasteiger partial charge < -0.3 is 5.32 Å². The van der Waals surface area contributed by atoms with Gasteiger partial charge in [0.15, 0.2) is 0 Å². The van der Waals surface area contributed by atoms with Gasteiger partial charge in [0.25, 0.3) is 0 Å². The number of anilines is 1. The summed E-state index contributed by atoms with van der Waals surface area (Å²) in [5.41, 5.74) is 2.52. The first-order valence-electron chi connectivity index (χ1n) is 5.90. The Balaban J connectivity index is 2.52. The molecule has 1 nitrogen and oxygen atoms in total. The Morgan fingerprint density at radius 2 is 1.53 bits per heavy atom. The number of benzene rings is 3. The van der Waals surface area contributed by atoms with E-state index in [1.165, 1.54) is 32.8 Å². The van der Waals surface area contributed by atoms with E-state index in [9.17, 15) is 0 Å². The summed E-state index contributed by atoms with van der Waals surface area (Å²) in [6.07, 6.45) is 0. The maximum Gasteiger partial charge on any atom is 0.0447 e. The molecule has 3 aromatic rings. The molecule has 0 heterocycles. The predicted molar refractivity (Wildman–Crippen MR) is 75.7 cm³/mol. The Labute approximate surface area is 101 Å². The van der Waals surface area contributed by atoms with Gasteiger partial charge >= 0.3 is 0 Å². The fourth-order valence-electron chi connectivity index (χ4n) is 2.53. The molecule has 3 rings (SSSR count).